The van der Waals surface area contributed by atoms with E-state index < -0.39 is 6.09 Å². The molecule has 0 spiro atoms. The largest absolute Gasteiger partial charge is 0.465 e. The number of nitrogens with two attached hydrogens (primary N) is 3. The number of carboxylic acid groups (broad SMARTS) is 1. The molecule has 0 saturated heterocycles. The molecule has 0 bridgehead atoms. The van der Waals surface area contributed by atoms with Gasteiger partial charge in [-0.1, -0.05) is 6.92 Å². The second kappa shape index (κ2) is 10.2. The molecular formula is C7H19N3O2. The quantitative estimate of drug-likeness (QED) is 0.487. The van der Waals surface area contributed by atoms with Crippen molar-refractivity contribution in [2.45, 2.75) is 32.2 Å². The maximum Gasteiger partial charge on any atom is 0.402 e. The first kappa shape index (κ1) is 13.8. The summed E-state index contributed by atoms with van der Waals surface area (Å²) in [6.07, 6.45) is 1.88. The molecule has 0 radical (unpaired) electrons. The van der Waals surface area contributed by atoms with Crippen molar-refractivity contribution in [2.24, 2.45) is 17.2 Å². The van der Waals surface area contributed by atoms with Gasteiger partial charge in [0.25, 0.3) is 0 Å². The standard InChI is InChI=1S/C6H16N2.CH3NO2/c1-2-6(8)4-3-5-7;2-1(3)4/h6H,2-5,7-8H2,1H3;2H2,(H,3,4). The highest BCUT2D eigenvalue weighted by atomic mass is 16.4. The zero-order valence-electron chi connectivity index (χ0n) is 7.49. The summed E-state index contributed by atoms with van der Waals surface area (Å²) in [7, 11) is 0. The van der Waals surface area contributed by atoms with Gasteiger partial charge in [-0.05, 0) is 25.8 Å². The third-order valence-corrected chi connectivity index (χ3v) is 1.30. The van der Waals surface area contributed by atoms with Crippen LogP contribution in [-0.4, -0.2) is 23.8 Å². The van der Waals surface area contributed by atoms with Crippen molar-refractivity contribution in [1.29, 1.82) is 0 Å². The highest BCUT2D eigenvalue weighted by molar-refractivity contribution is 5.61. The van der Waals surface area contributed by atoms with E-state index in [0.29, 0.717) is 6.04 Å². The molecule has 0 aliphatic carbocycles. The average molecular weight is 177 g/mol. The van der Waals surface area contributed by atoms with Gasteiger partial charge in [-0.15, -0.1) is 0 Å². The Hall–Kier alpha value is -0.810. The van der Waals surface area contributed by atoms with Gasteiger partial charge in [-0.2, -0.15) is 0 Å². The monoisotopic (exact) mass is 177 g/mol. The van der Waals surface area contributed by atoms with E-state index >= 15 is 0 Å². The molecule has 0 heterocycles. The molecule has 0 aliphatic rings. The van der Waals surface area contributed by atoms with E-state index in [-0.39, 0.29) is 0 Å². The fraction of sp³-hybridized carbons (Fsp3) is 0.857. The molecule has 0 aromatic heterocycles. The maximum absolute atomic E-state index is 8.78. The topological polar surface area (TPSA) is 115 Å². The van der Waals surface area contributed by atoms with Gasteiger partial charge in [-0.3, -0.25) is 0 Å². The summed E-state index contributed by atoms with van der Waals surface area (Å²) in [5, 5.41) is 7.19. The number of amides is 1. The van der Waals surface area contributed by atoms with Gasteiger partial charge in [0, 0.05) is 6.04 Å². The fourth-order valence-corrected chi connectivity index (χ4v) is 0.584. The normalized spacial score (nSPS) is 11.2. The summed E-state index contributed by atoms with van der Waals surface area (Å²) in [4.78, 5) is 8.78. The van der Waals surface area contributed by atoms with E-state index in [2.05, 4.69) is 12.7 Å². The van der Waals surface area contributed by atoms with Gasteiger partial charge >= 0.3 is 6.09 Å². The molecule has 0 rings (SSSR count). The Morgan fingerprint density at radius 1 is 1.58 bits per heavy atom. The molecule has 5 nitrogen and oxygen atoms in total. The molecule has 0 aliphatic heterocycles. The first-order valence-corrected chi connectivity index (χ1v) is 3.98. The predicted molar refractivity (Wildman–Crippen MR) is 48.8 cm³/mol. The summed E-state index contributed by atoms with van der Waals surface area (Å²) < 4.78 is 0. The van der Waals surface area contributed by atoms with Gasteiger partial charge in [0.2, 0.25) is 0 Å². The van der Waals surface area contributed by atoms with Crippen molar-refractivity contribution in [3.8, 4) is 0 Å². The lowest BCUT2D eigenvalue weighted by molar-refractivity contribution is 0.205. The Balaban J connectivity index is 0. The number of primary amides is 1. The number of rotatable bonds is 4. The molecule has 0 fully saturated rings. The van der Waals surface area contributed by atoms with E-state index in [1.165, 1.54) is 0 Å². The summed E-state index contributed by atoms with van der Waals surface area (Å²) in [5.74, 6) is 0. The van der Waals surface area contributed by atoms with Gasteiger partial charge in [0.05, 0.1) is 0 Å². The second-order valence-electron chi connectivity index (χ2n) is 2.44. The van der Waals surface area contributed by atoms with Crippen LogP contribution in [-0.2, 0) is 0 Å². The smallest absolute Gasteiger partial charge is 0.402 e. The van der Waals surface area contributed by atoms with Crippen molar-refractivity contribution < 1.29 is 9.90 Å². The Bertz CT molecular complexity index is 105. The minimum absolute atomic E-state index is 0.374. The van der Waals surface area contributed by atoms with Crippen molar-refractivity contribution >= 4 is 6.09 Å². The molecular weight excluding hydrogens is 158 g/mol. The minimum Gasteiger partial charge on any atom is -0.465 e. The lowest BCUT2D eigenvalue weighted by Gasteiger charge is -2.04. The lowest BCUT2D eigenvalue weighted by Crippen LogP contribution is -2.19. The molecule has 1 amide bonds. The Kier molecular flexibility index (Phi) is 11.7. The van der Waals surface area contributed by atoms with Crippen molar-refractivity contribution in [2.75, 3.05) is 6.54 Å². The molecule has 1 atom stereocenters. The Morgan fingerprint density at radius 3 is 2.25 bits per heavy atom. The first-order chi connectivity index (χ1) is 5.54. The van der Waals surface area contributed by atoms with Gasteiger partial charge < -0.3 is 22.3 Å². The molecule has 7 N–H and O–H groups in total. The van der Waals surface area contributed by atoms with Crippen molar-refractivity contribution in [3.05, 3.63) is 0 Å². The van der Waals surface area contributed by atoms with Crippen LogP contribution in [0.3, 0.4) is 0 Å². The SMILES string of the molecule is CCC(N)CCCN.NC(=O)O. The van der Waals surface area contributed by atoms with E-state index in [1.807, 2.05) is 0 Å². The van der Waals surface area contributed by atoms with E-state index in [1.54, 1.807) is 0 Å². The van der Waals surface area contributed by atoms with Crippen LogP contribution in [0.4, 0.5) is 4.79 Å². The first-order valence-electron chi connectivity index (χ1n) is 3.98. The van der Waals surface area contributed by atoms with Crippen LogP contribution in [0.1, 0.15) is 26.2 Å². The molecule has 0 saturated carbocycles. The zero-order valence-corrected chi connectivity index (χ0v) is 7.49. The van der Waals surface area contributed by atoms with Gasteiger partial charge in [-0.25, -0.2) is 4.79 Å². The molecule has 12 heavy (non-hydrogen) atoms. The van der Waals surface area contributed by atoms with Crippen molar-refractivity contribution in [3.63, 3.8) is 0 Å². The van der Waals surface area contributed by atoms with Crippen LogP contribution in [0.5, 0.6) is 0 Å². The van der Waals surface area contributed by atoms with E-state index in [4.69, 9.17) is 21.4 Å². The van der Waals surface area contributed by atoms with Gasteiger partial charge in [0.1, 0.15) is 0 Å². The minimum atomic E-state index is -1.33. The molecule has 1 unspecified atom stereocenters. The predicted octanol–water partition coefficient (Wildman–Crippen LogP) is 0.0857. The number of hydrogen-bond acceptors (Lipinski definition) is 3. The summed E-state index contributed by atoms with van der Waals surface area (Å²) in [6.45, 7) is 2.87. The Morgan fingerprint density at radius 2 is 2.00 bits per heavy atom. The van der Waals surface area contributed by atoms with Crippen LogP contribution >= 0.6 is 0 Å². The van der Waals surface area contributed by atoms with E-state index in [9.17, 15) is 0 Å². The third kappa shape index (κ3) is 22.9. The summed E-state index contributed by atoms with van der Waals surface area (Å²) in [5.41, 5.74) is 14.9. The molecule has 0 aromatic carbocycles. The number of carbonyl (C=O) groups is 1. The van der Waals surface area contributed by atoms with Gasteiger partial charge in [0.15, 0.2) is 0 Å². The van der Waals surface area contributed by atoms with Crippen LogP contribution in [0.25, 0.3) is 0 Å². The van der Waals surface area contributed by atoms with Crippen LogP contribution in [0, 0.1) is 0 Å². The zero-order chi connectivity index (χ0) is 9.98. The van der Waals surface area contributed by atoms with Crippen LogP contribution < -0.4 is 17.2 Å². The Labute approximate surface area is 72.9 Å². The molecule has 5 heteroatoms. The van der Waals surface area contributed by atoms with Crippen LogP contribution in [0.15, 0.2) is 0 Å². The summed E-state index contributed by atoms with van der Waals surface area (Å²) >= 11 is 0. The number of hydrogen-bond donors (Lipinski definition) is 4. The van der Waals surface area contributed by atoms with Crippen LogP contribution in [0.2, 0.25) is 0 Å². The highest BCUT2D eigenvalue weighted by Crippen LogP contribution is 1.95. The third-order valence-electron chi connectivity index (χ3n) is 1.30. The molecule has 74 valence electrons. The van der Waals surface area contributed by atoms with E-state index in [0.717, 1.165) is 25.8 Å². The summed E-state index contributed by atoms with van der Waals surface area (Å²) in [6, 6.07) is 0.374. The fourth-order valence-electron chi connectivity index (χ4n) is 0.584. The highest BCUT2D eigenvalue weighted by Gasteiger charge is 1.94. The lowest BCUT2D eigenvalue weighted by atomic mass is 10.1. The molecule has 0 aromatic rings. The van der Waals surface area contributed by atoms with Crippen molar-refractivity contribution in [1.82, 2.24) is 0 Å². The second-order valence-corrected chi connectivity index (χ2v) is 2.44. The maximum atomic E-state index is 8.78. The average Bonchev–Trinajstić information content (AvgIpc) is 1.99.